The molecule has 6 nitrogen and oxygen atoms in total. The predicted molar refractivity (Wildman–Crippen MR) is 97.8 cm³/mol. The highest BCUT2D eigenvalue weighted by atomic mass is 79.9. The van der Waals surface area contributed by atoms with Gasteiger partial charge < -0.3 is 4.74 Å². The molecule has 2 aliphatic heterocycles. The van der Waals surface area contributed by atoms with Crippen LogP contribution in [0.3, 0.4) is 0 Å². The van der Waals surface area contributed by atoms with E-state index in [0.29, 0.717) is 0 Å². The average molecular weight is 410 g/mol. The quantitative estimate of drug-likeness (QED) is 0.772. The molecule has 0 N–H and O–H groups in total. The number of thioether (sulfide) groups is 1. The Bertz CT molecular complexity index is 704. The highest BCUT2D eigenvalue weighted by Gasteiger charge is 2.23. The maximum absolute atomic E-state index is 5.42. The van der Waals surface area contributed by atoms with Crippen LogP contribution in [0, 0.1) is 0 Å². The molecule has 0 aliphatic carbocycles. The number of hydrogen-bond acceptors (Lipinski definition) is 6. The van der Waals surface area contributed by atoms with Crippen molar-refractivity contribution >= 4 is 27.7 Å². The third-order valence-electron chi connectivity index (χ3n) is 4.39. The fourth-order valence-corrected chi connectivity index (χ4v) is 4.37. The van der Waals surface area contributed by atoms with Crippen molar-refractivity contribution in [2.24, 2.45) is 0 Å². The minimum atomic E-state index is 0.844. The van der Waals surface area contributed by atoms with Gasteiger partial charge in [-0.3, -0.25) is 14.4 Å². The van der Waals surface area contributed by atoms with E-state index >= 15 is 0 Å². The van der Waals surface area contributed by atoms with Gasteiger partial charge in [-0.2, -0.15) is 0 Å². The first-order chi connectivity index (χ1) is 11.8. The largest absolute Gasteiger partial charge is 0.379 e. The Hall–Kier alpha value is -0.930. The van der Waals surface area contributed by atoms with E-state index < -0.39 is 0 Å². The van der Waals surface area contributed by atoms with Gasteiger partial charge in [-0.25, -0.2) is 0 Å². The van der Waals surface area contributed by atoms with Crippen LogP contribution in [0.5, 0.6) is 0 Å². The summed E-state index contributed by atoms with van der Waals surface area (Å²) in [6.07, 6.45) is 0. The summed E-state index contributed by atoms with van der Waals surface area (Å²) in [5, 5.41) is 9.79. The molecule has 4 rings (SSSR count). The summed E-state index contributed by atoms with van der Waals surface area (Å²) in [4.78, 5) is 4.93. The summed E-state index contributed by atoms with van der Waals surface area (Å²) in [5.41, 5.74) is 1.09. The number of ether oxygens (including phenoxy) is 1. The Morgan fingerprint density at radius 3 is 2.71 bits per heavy atom. The van der Waals surface area contributed by atoms with Crippen molar-refractivity contribution in [3.63, 3.8) is 0 Å². The summed E-state index contributed by atoms with van der Waals surface area (Å²) in [5.74, 6) is 1.90. The molecule has 24 heavy (non-hydrogen) atoms. The lowest BCUT2D eigenvalue weighted by atomic mass is 10.2. The first-order valence-corrected chi connectivity index (χ1v) is 9.92. The second-order valence-corrected chi connectivity index (χ2v) is 7.74. The lowest BCUT2D eigenvalue weighted by molar-refractivity contribution is 0.0325. The maximum atomic E-state index is 5.42. The molecule has 128 valence electrons. The maximum Gasteiger partial charge on any atom is 0.193 e. The fourth-order valence-electron chi connectivity index (χ4n) is 3.00. The van der Waals surface area contributed by atoms with E-state index in [-0.39, 0.29) is 0 Å². The molecule has 1 saturated heterocycles. The van der Waals surface area contributed by atoms with Crippen LogP contribution < -0.4 is 0 Å². The van der Waals surface area contributed by atoms with E-state index in [4.69, 9.17) is 4.74 Å². The molecule has 2 aromatic rings. The molecule has 0 unspecified atom stereocenters. The molecule has 0 atom stereocenters. The summed E-state index contributed by atoms with van der Waals surface area (Å²) < 4.78 is 8.69. The van der Waals surface area contributed by atoms with Crippen LogP contribution in [-0.4, -0.2) is 69.8 Å². The highest BCUT2D eigenvalue weighted by Crippen LogP contribution is 2.32. The molecule has 0 amide bonds. The molecular weight excluding hydrogens is 390 g/mol. The third kappa shape index (κ3) is 3.52. The SMILES string of the molecule is Brc1ccccc1-c1nnc2n1CN(CCN1CCOCC1)CS2. The Morgan fingerprint density at radius 1 is 1.08 bits per heavy atom. The molecule has 3 heterocycles. The molecule has 0 spiro atoms. The predicted octanol–water partition coefficient (Wildman–Crippen LogP) is 2.36. The van der Waals surface area contributed by atoms with E-state index in [2.05, 4.69) is 46.6 Å². The molecule has 0 bridgehead atoms. The van der Waals surface area contributed by atoms with Crippen molar-refractivity contribution < 1.29 is 4.74 Å². The van der Waals surface area contributed by atoms with Gasteiger partial charge >= 0.3 is 0 Å². The van der Waals surface area contributed by atoms with E-state index in [1.54, 1.807) is 11.8 Å². The zero-order valence-electron chi connectivity index (χ0n) is 13.4. The summed E-state index contributed by atoms with van der Waals surface area (Å²) in [6.45, 7) is 6.79. The van der Waals surface area contributed by atoms with Crippen molar-refractivity contribution in [2.45, 2.75) is 11.8 Å². The van der Waals surface area contributed by atoms with Gasteiger partial charge in [0.1, 0.15) is 0 Å². The van der Waals surface area contributed by atoms with Crippen molar-refractivity contribution in [1.82, 2.24) is 24.6 Å². The minimum absolute atomic E-state index is 0.844. The van der Waals surface area contributed by atoms with Crippen LogP contribution in [0.2, 0.25) is 0 Å². The number of hydrogen-bond donors (Lipinski definition) is 0. The lowest BCUT2D eigenvalue weighted by Gasteiger charge is -2.32. The number of halogens is 1. The van der Waals surface area contributed by atoms with Gasteiger partial charge in [-0.15, -0.1) is 10.2 Å². The number of nitrogens with zero attached hydrogens (tertiary/aromatic N) is 5. The normalized spacial score (nSPS) is 19.4. The van der Waals surface area contributed by atoms with Crippen LogP contribution in [0.25, 0.3) is 11.4 Å². The topological polar surface area (TPSA) is 46.4 Å². The first-order valence-electron chi connectivity index (χ1n) is 8.14. The van der Waals surface area contributed by atoms with E-state index in [1.165, 1.54) is 0 Å². The standard InChI is InChI=1S/C16H20BrN5OS/c17-14-4-2-1-3-13(14)15-18-19-16-22(15)11-21(12-24-16)6-5-20-7-9-23-10-8-20/h1-4H,5-12H2. The molecule has 2 aliphatic rings. The summed E-state index contributed by atoms with van der Waals surface area (Å²) >= 11 is 5.38. The minimum Gasteiger partial charge on any atom is -0.379 e. The van der Waals surface area contributed by atoms with Crippen LogP contribution in [0.15, 0.2) is 33.9 Å². The smallest absolute Gasteiger partial charge is 0.193 e. The Kier molecular flexibility index (Phi) is 5.19. The van der Waals surface area contributed by atoms with Gasteiger partial charge in [0.25, 0.3) is 0 Å². The second kappa shape index (κ2) is 7.53. The number of aromatic nitrogens is 3. The molecule has 1 aromatic carbocycles. The Balaban J connectivity index is 1.46. The lowest BCUT2D eigenvalue weighted by Crippen LogP contribution is -2.42. The highest BCUT2D eigenvalue weighted by molar-refractivity contribution is 9.10. The van der Waals surface area contributed by atoms with Gasteiger partial charge in [0, 0.05) is 36.2 Å². The molecule has 0 radical (unpaired) electrons. The number of benzene rings is 1. The van der Waals surface area contributed by atoms with E-state index in [0.717, 1.165) is 73.0 Å². The first kappa shape index (κ1) is 16.5. The van der Waals surface area contributed by atoms with Crippen molar-refractivity contribution in [3.8, 4) is 11.4 Å². The van der Waals surface area contributed by atoms with Gasteiger partial charge in [-0.1, -0.05) is 45.9 Å². The number of fused-ring (bicyclic) bond motifs is 1. The van der Waals surface area contributed by atoms with Crippen molar-refractivity contribution in [3.05, 3.63) is 28.7 Å². The van der Waals surface area contributed by atoms with Crippen LogP contribution in [-0.2, 0) is 11.4 Å². The fraction of sp³-hybridized carbons (Fsp3) is 0.500. The van der Waals surface area contributed by atoms with Crippen LogP contribution in [0.1, 0.15) is 0 Å². The zero-order chi connectivity index (χ0) is 16.4. The molecular formula is C16H20BrN5OS. The zero-order valence-corrected chi connectivity index (χ0v) is 15.8. The second-order valence-electron chi connectivity index (χ2n) is 5.98. The van der Waals surface area contributed by atoms with E-state index in [1.807, 2.05) is 18.2 Å². The van der Waals surface area contributed by atoms with E-state index in [9.17, 15) is 0 Å². The van der Waals surface area contributed by atoms with Crippen molar-refractivity contribution in [1.29, 1.82) is 0 Å². The third-order valence-corrected chi connectivity index (χ3v) is 6.13. The molecule has 1 fully saturated rings. The van der Waals surface area contributed by atoms with Gasteiger partial charge in [0.2, 0.25) is 0 Å². The molecule has 1 aromatic heterocycles. The number of morpholine rings is 1. The monoisotopic (exact) mass is 409 g/mol. The van der Waals surface area contributed by atoms with Gasteiger partial charge in [-0.05, 0) is 6.07 Å². The summed E-state index contributed by atoms with van der Waals surface area (Å²) in [6, 6.07) is 8.18. The summed E-state index contributed by atoms with van der Waals surface area (Å²) in [7, 11) is 0. The van der Waals surface area contributed by atoms with Crippen molar-refractivity contribution in [2.75, 3.05) is 45.3 Å². The average Bonchev–Trinajstić information content (AvgIpc) is 3.04. The van der Waals surface area contributed by atoms with Crippen LogP contribution in [0.4, 0.5) is 0 Å². The van der Waals surface area contributed by atoms with Crippen LogP contribution >= 0.6 is 27.7 Å². The van der Waals surface area contributed by atoms with Gasteiger partial charge in [0.05, 0.1) is 25.8 Å². The van der Waals surface area contributed by atoms with Gasteiger partial charge in [0.15, 0.2) is 11.0 Å². The Labute approximate surface area is 154 Å². The molecule has 8 heteroatoms. The number of rotatable bonds is 4. The molecule has 0 saturated carbocycles. The Morgan fingerprint density at radius 2 is 1.88 bits per heavy atom.